The van der Waals surface area contributed by atoms with Crippen molar-refractivity contribution in [2.24, 2.45) is 0 Å². The van der Waals surface area contributed by atoms with Crippen LogP contribution in [0.1, 0.15) is 16.7 Å². The summed E-state index contributed by atoms with van der Waals surface area (Å²) >= 11 is 0. The molecular weight excluding hydrogens is 298 g/mol. The van der Waals surface area contributed by atoms with Crippen LogP contribution in [0.3, 0.4) is 0 Å². The molecule has 2 N–H and O–H groups in total. The third-order valence-corrected chi connectivity index (χ3v) is 4.09. The molecule has 0 bridgehead atoms. The van der Waals surface area contributed by atoms with Crippen molar-refractivity contribution in [3.05, 3.63) is 77.6 Å². The first-order chi connectivity index (χ1) is 11.8. The lowest BCUT2D eigenvalue weighted by atomic mass is 10.1. The molecule has 0 unspecified atom stereocenters. The second kappa shape index (κ2) is 7.79. The summed E-state index contributed by atoms with van der Waals surface area (Å²) in [5.74, 6) is 0.978. The SMILES string of the molecule is COc1ccc(C)cc1CC[NH2+]Cc1cnn(-c2ccccc2)c1. The van der Waals surface area contributed by atoms with Gasteiger partial charge in [0.15, 0.2) is 0 Å². The van der Waals surface area contributed by atoms with Crippen molar-refractivity contribution in [3.63, 3.8) is 0 Å². The Morgan fingerprint density at radius 3 is 2.75 bits per heavy atom. The molecule has 2 aromatic carbocycles. The van der Waals surface area contributed by atoms with Gasteiger partial charge in [-0.2, -0.15) is 5.10 Å². The molecule has 0 aliphatic heterocycles. The van der Waals surface area contributed by atoms with E-state index in [0.29, 0.717) is 0 Å². The van der Waals surface area contributed by atoms with Gasteiger partial charge >= 0.3 is 0 Å². The summed E-state index contributed by atoms with van der Waals surface area (Å²) in [6, 6.07) is 16.5. The summed E-state index contributed by atoms with van der Waals surface area (Å²) in [5, 5.41) is 6.75. The lowest BCUT2D eigenvalue weighted by molar-refractivity contribution is -0.670. The molecule has 0 aliphatic carbocycles. The van der Waals surface area contributed by atoms with E-state index in [9.17, 15) is 0 Å². The maximum atomic E-state index is 5.44. The van der Waals surface area contributed by atoms with Gasteiger partial charge in [-0.15, -0.1) is 0 Å². The second-order valence-corrected chi connectivity index (χ2v) is 5.98. The van der Waals surface area contributed by atoms with Gasteiger partial charge in [0.05, 0.1) is 25.5 Å². The lowest BCUT2D eigenvalue weighted by Crippen LogP contribution is -2.83. The number of hydrogen-bond donors (Lipinski definition) is 1. The fourth-order valence-electron chi connectivity index (χ4n) is 2.82. The summed E-state index contributed by atoms with van der Waals surface area (Å²) in [6.07, 6.45) is 5.04. The average molecular weight is 322 g/mol. The zero-order chi connectivity index (χ0) is 16.8. The molecule has 124 valence electrons. The molecule has 1 heterocycles. The van der Waals surface area contributed by atoms with E-state index in [-0.39, 0.29) is 0 Å². The van der Waals surface area contributed by atoms with Crippen molar-refractivity contribution >= 4 is 0 Å². The molecule has 0 amide bonds. The van der Waals surface area contributed by atoms with Crippen LogP contribution in [0.25, 0.3) is 5.69 Å². The summed E-state index contributed by atoms with van der Waals surface area (Å²) in [7, 11) is 1.73. The number of ether oxygens (including phenoxy) is 1. The van der Waals surface area contributed by atoms with E-state index in [1.54, 1.807) is 7.11 Å². The standard InChI is InChI=1S/C20H23N3O/c1-16-8-9-20(24-2)18(12-16)10-11-21-13-17-14-22-23(15-17)19-6-4-3-5-7-19/h3-9,12,14-15,21H,10-11,13H2,1-2H3/p+1. The molecule has 0 spiro atoms. The van der Waals surface area contributed by atoms with Gasteiger partial charge in [0.1, 0.15) is 12.3 Å². The number of aryl methyl sites for hydroxylation is 1. The molecule has 24 heavy (non-hydrogen) atoms. The Balaban J connectivity index is 1.52. The summed E-state index contributed by atoms with van der Waals surface area (Å²) < 4.78 is 7.36. The molecule has 0 saturated heterocycles. The molecule has 0 aliphatic rings. The molecular formula is C20H24N3O+. The number of nitrogens with two attached hydrogens (primary N) is 1. The molecule has 3 aromatic rings. The minimum Gasteiger partial charge on any atom is -0.496 e. The van der Waals surface area contributed by atoms with Crippen LogP contribution in [0.4, 0.5) is 0 Å². The normalized spacial score (nSPS) is 10.8. The van der Waals surface area contributed by atoms with Crippen LogP contribution in [-0.4, -0.2) is 23.4 Å². The number of rotatable bonds is 7. The topological polar surface area (TPSA) is 43.7 Å². The van der Waals surface area contributed by atoms with Gasteiger partial charge in [-0.3, -0.25) is 0 Å². The van der Waals surface area contributed by atoms with E-state index in [0.717, 1.165) is 30.9 Å². The van der Waals surface area contributed by atoms with Crippen molar-refractivity contribution < 1.29 is 10.1 Å². The number of benzene rings is 2. The van der Waals surface area contributed by atoms with E-state index in [4.69, 9.17) is 4.74 Å². The largest absolute Gasteiger partial charge is 0.496 e. The Labute approximate surface area is 143 Å². The predicted molar refractivity (Wildman–Crippen MR) is 95.5 cm³/mol. The fourth-order valence-corrected chi connectivity index (χ4v) is 2.82. The molecule has 0 atom stereocenters. The van der Waals surface area contributed by atoms with Gasteiger partial charge in [-0.1, -0.05) is 35.9 Å². The van der Waals surface area contributed by atoms with E-state index in [2.05, 4.69) is 53.9 Å². The summed E-state index contributed by atoms with van der Waals surface area (Å²) in [6.45, 7) is 4.07. The Hall–Kier alpha value is -2.59. The molecule has 0 saturated carbocycles. The lowest BCUT2D eigenvalue weighted by Gasteiger charge is -2.08. The smallest absolute Gasteiger partial charge is 0.122 e. The van der Waals surface area contributed by atoms with Crippen LogP contribution in [0.15, 0.2) is 60.9 Å². The monoisotopic (exact) mass is 322 g/mol. The number of hydrogen-bond acceptors (Lipinski definition) is 2. The first-order valence-electron chi connectivity index (χ1n) is 8.30. The highest BCUT2D eigenvalue weighted by atomic mass is 16.5. The Kier molecular flexibility index (Phi) is 5.29. The van der Waals surface area contributed by atoms with Crippen molar-refractivity contribution in [3.8, 4) is 11.4 Å². The maximum Gasteiger partial charge on any atom is 0.122 e. The third-order valence-electron chi connectivity index (χ3n) is 4.09. The van der Waals surface area contributed by atoms with E-state index in [1.807, 2.05) is 29.1 Å². The van der Waals surface area contributed by atoms with Crippen LogP contribution in [0.5, 0.6) is 5.75 Å². The number of para-hydroxylation sites is 1. The third kappa shape index (κ3) is 4.03. The highest BCUT2D eigenvalue weighted by Gasteiger charge is 2.06. The number of nitrogens with zero attached hydrogens (tertiary/aromatic N) is 2. The highest BCUT2D eigenvalue weighted by molar-refractivity contribution is 5.37. The van der Waals surface area contributed by atoms with Crippen LogP contribution >= 0.6 is 0 Å². The Bertz CT molecular complexity index is 781. The number of aromatic nitrogens is 2. The molecule has 1 aromatic heterocycles. The van der Waals surface area contributed by atoms with Crippen molar-refractivity contribution in [2.45, 2.75) is 19.9 Å². The van der Waals surface area contributed by atoms with Crippen LogP contribution in [0.2, 0.25) is 0 Å². The predicted octanol–water partition coefficient (Wildman–Crippen LogP) is 2.50. The number of methoxy groups -OCH3 is 1. The van der Waals surface area contributed by atoms with Gasteiger partial charge in [-0.05, 0) is 30.7 Å². The minimum atomic E-state index is 0.932. The first-order valence-corrected chi connectivity index (χ1v) is 8.30. The first kappa shape index (κ1) is 16.3. The maximum absolute atomic E-state index is 5.44. The highest BCUT2D eigenvalue weighted by Crippen LogP contribution is 2.19. The molecule has 0 fully saturated rings. The fraction of sp³-hybridized carbons (Fsp3) is 0.250. The summed E-state index contributed by atoms with van der Waals surface area (Å²) in [5.41, 5.74) is 4.87. The van der Waals surface area contributed by atoms with Crippen LogP contribution in [-0.2, 0) is 13.0 Å². The number of quaternary nitrogens is 1. The van der Waals surface area contributed by atoms with Crippen molar-refractivity contribution in [1.82, 2.24) is 9.78 Å². The zero-order valence-electron chi connectivity index (χ0n) is 14.3. The van der Waals surface area contributed by atoms with Crippen molar-refractivity contribution in [1.29, 1.82) is 0 Å². The van der Waals surface area contributed by atoms with E-state index >= 15 is 0 Å². The summed E-state index contributed by atoms with van der Waals surface area (Å²) in [4.78, 5) is 0. The van der Waals surface area contributed by atoms with Crippen LogP contribution in [0, 0.1) is 6.92 Å². The van der Waals surface area contributed by atoms with Gasteiger partial charge < -0.3 is 10.1 Å². The van der Waals surface area contributed by atoms with Gasteiger partial charge in [0.25, 0.3) is 0 Å². The molecule has 0 radical (unpaired) electrons. The Morgan fingerprint density at radius 1 is 1.12 bits per heavy atom. The molecule has 4 nitrogen and oxygen atoms in total. The average Bonchev–Trinajstić information content (AvgIpc) is 3.09. The van der Waals surface area contributed by atoms with Gasteiger partial charge in [-0.25, -0.2) is 4.68 Å². The van der Waals surface area contributed by atoms with Gasteiger partial charge in [0, 0.05) is 18.2 Å². The zero-order valence-corrected chi connectivity index (χ0v) is 14.3. The minimum absolute atomic E-state index is 0.932. The second-order valence-electron chi connectivity index (χ2n) is 5.98. The Morgan fingerprint density at radius 2 is 1.96 bits per heavy atom. The molecule has 3 rings (SSSR count). The quantitative estimate of drug-likeness (QED) is 0.679. The van der Waals surface area contributed by atoms with Crippen LogP contribution < -0.4 is 10.1 Å². The van der Waals surface area contributed by atoms with Gasteiger partial charge in [0.2, 0.25) is 0 Å². The molecule has 4 heteroatoms. The van der Waals surface area contributed by atoms with Crippen molar-refractivity contribution in [2.75, 3.05) is 13.7 Å². The van der Waals surface area contributed by atoms with E-state index < -0.39 is 0 Å². The van der Waals surface area contributed by atoms with E-state index in [1.165, 1.54) is 16.7 Å².